The number of hydrogen-bond acceptors (Lipinski definition) is 4. The fourth-order valence-electron chi connectivity index (χ4n) is 3.05. The molecule has 0 atom stereocenters. The molecule has 7 nitrogen and oxygen atoms in total. The highest BCUT2D eigenvalue weighted by Gasteiger charge is 2.26. The Morgan fingerprint density at radius 3 is 2.58 bits per heavy atom. The number of para-hydroxylation sites is 1. The van der Waals surface area contributed by atoms with Gasteiger partial charge in [0.1, 0.15) is 11.6 Å². The molecule has 0 radical (unpaired) electrons. The van der Waals surface area contributed by atoms with E-state index in [0.29, 0.717) is 38.2 Å². The minimum Gasteiger partial charge on any atom is -0.246 e. The molecule has 0 spiro atoms. The molecular formula is C15H19FN4O3S. The van der Waals surface area contributed by atoms with Crippen molar-refractivity contribution in [1.82, 2.24) is 19.1 Å². The Kier molecular flexibility index (Phi) is 4.55. The zero-order chi connectivity index (χ0) is 17.3. The van der Waals surface area contributed by atoms with Crippen molar-refractivity contribution in [3.63, 3.8) is 0 Å². The van der Waals surface area contributed by atoms with Gasteiger partial charge in [-0.1, -0.05) is 12.1 Å². The van der Waals surface area contributed by atoms with Crippen molar-refractivity contribution < 1.29 is 12.8 Å². The zero-order valence-corrected chi connectivity index (χ0v) is 14.1. The van der Waals surface area contributed by atoms with E-state index in [-0.39, 0.29) is 11.6 Å². The van der Waals surface area contributed by atoms with E-state index in [1.807, 2.05) is 0 Å². The van der Waals surface area contributed by atoms with Gasteiger partial charge in [0.05, 0.1) is 11.9 Å². The van der Waals surface area contributed by atoms with E-state index in [1.165, 1.54) is 27.3 Å². The number of aromatic nitrogens is 3. The van der Waals surface area contributed by atoms with Crippen LogP contribution in [-0.2, 0) is 16.4 Å². The van der Waals surface area contributed by atoms with Gasteiger partial charge in [0.15, 0.2) is 0 Å². The van der Waals surface area contributed by atoms with Crippen molar-refractivity contribution in [3.05, 3.63) is 46.4 Å². The number of nitrogens with one attached hydrogen (secondary N) is 1. The Balaban J connectivity index is 1.79. The monoisotopic (exact) mass is 354 g/mol. The molecule has 1 aromatic heterocycles. The number of rotatable bonds is 4. The Labute approximate surface area is 139 Å². The summed E-state index contributed by atoms with van der Waals surface area (Å²) in [5.41, 5.74) is -0.316. The Morgan fingerprint density at radius 1 is 1.29 bits per heavy atom. The second-order valence-electron chi connectivity index (χ2n) is 6.04. The van der Waals surface area contributed by atoms with E-state index < -0.39 is 21.5 Å². The van der Waals surface area contributed by atoms with Crippen LogP contribution < -0.4 is 5.69 Å². The van der Waals surface area contributed by atoms with Crippen molar-refractivity contribution in [3.8, 4) is 5.69 Å². The van der Waals surface area contributed by atoms with Crippen LogP contribution in [0.2, 0.25) is 0 Å². The largest absolute Gasteiger partial charge is 0.348 e. The average molecular weight is 354 g/mol. The molecule has 1 aromatic carbocycles. The number of sulfonamides is 1. The second kappa shape index (κ2) is 6.48. The van der Waals surface area contributed by atoms with E-state index >= 15 is 0 Å². The first-order chi connectivity index (χ1) is 11.4. The first kappa shape index (κ1) is 16.8. The van der Waals surface area contributed by atoms with Crippen LogP contribution in [0.1, 0.15) is 18.7 Å². The normalized spacial score (nSPS) is 17.2. The Morgan fingerprint density at radius 2 is 1.96 bits per heavy atom. The summed E-state index contributed by atoms with van der Waals surface area (Å²) in [4.78, 5) is 12.0. The number of H-pyrrole nitrogens is 1. The maximum atomic E-state index is 14.0. The first-order valence-corrected chi connectivity index (χ1v) is 9.57. The van der Waals surface area contributed by atoms with Gasteiger partial charge in [-0.3, -0.25) is 0 Å². The number of benzene rings is 1. The van der Waals surface area contributed by atoms with Crippen LogP contribution in [-0.4, -0.2) is 46.8 Å². The lowest BCUT2D eigenvalue weighted by Gasteiger charge is -2.29. The molecule has 1 N–H and O–H groups in total. The minimum absolute atomic E-state index is 0.167. The van der Waals surface area contributed by atoms with Crippen LogP contribution >= 0.6 is 0 Å². The highest BCUT2D eigenvalue weighted by Crippen LogP contribution is 2.23. The molecule has 0 aliphatic carbocycles. The smallest absolute Gasteiger partial charge is 0.246 e. The van der Waals surface area contributed by atoms with E-state index in [1.54, 1.807) is 12.1 Å². The topological polar surface area (TPSA) is 88.1 Å². The van der Waals surface area contributed by atoms with E-state index in [4.69, 9.17) is 0 Å². The molecule has 0 amide bonds. The molecule has 0 unspecified atom stereocenters. The summed E-state index contributed by atoms with van der Waals surface area (Å²) in [6.45, 7) is 0.912. The molecule has 0 bridgehead atoms. The second-order valence-corrected chi connectivity index (χ2v) is 8.02. The fourth-order valence-corrected chi connectivity index (χ4v) is 3.93. The van der Waals surface area contributed by atoms with Gasteiger partial charge in [0, 0.05) is 19.5 Å². The van der Waals surface area contributed by atoms with Gasteiger partial charge in [-0.25, -0.2) is 31.6 Å². The number of nitrogens with zero attached hydrogens (tertiary/aromatic N) is 3. The van der Waals surface area contributed by atoms with Gasteiger partial charge in [-0.15, -0.1) is 0 Å². The van der Waals surface area contributed by atoms with Crippen molar-refractivity contribution in [1.29, 1.82) is 0 Å². The summed E-state index contributed by atoms with van der Waals surface area (Å²) in [5.74, 6) is 0.167. The summed E-state index contributed by atoms with van der Waals surface area (Å²) in [7, 11) is -3.17. The quantitative estimate of drug-likeness (QED) is 0.884. The van der Waals surface area contributed by atoms with Crippen molar-refractivity contribution >= 4 is 10.0 Å². The third-order valence-electron chi connectivity index (χ3n) is 4.35. The number of halogens is 1. The van der Waals surface area contributed by atoms with Crippen molar-refractivity contribution in [2.45, 2.75) is 19.3 Å². The van der Waals surface area contributed by atoms with Gasteiger partial charge < -0.3 is 0 Å². The molecule has 1 fully saturated rings. The highest BCUT2D eigenvalue weighted by molar-refractivity contribution is 7.88. The predicted octanol–water partition coefficient (Wildman–Crippen LogP) is 0.914. The lowest BCUT2D eigenvalue weighted by atomic mass is 9.94. The van der Waals surface area contributed by atoms with Crippen LogP contribution in [0, 0.1) is 11.7 Å². The van der Waals surface area contributed by atoms with Crippen molar-refractivity contribution in [2.24, 2.45) is 5.92 Å². The van der Waals surface area contributed by atoms with Gasteiger partial charge in [-0.2, -0.15) is 5.10 Å². The summed E-state index contributed by atoms with van der Waals surface area (Å²) in [6.07, 6.45) is 3.07. The minimum atomic E-state index is -3.17. The van der Waals surface area contributed by atoms with Crippen LogP contribution in [0.4, 0.5) is 4.39 Å². The molecule has 1 saturated heterocycles. The fraction of sp³-hybridized carbons (Fsp3) is 0.467. The molecule has 1 aliphatic heterocycles. The van der Waals surface area contributed by atoms with Gasteiger partial charge in [0.25, 0.3) is 0 Å². The molecule has 3 rings (SSSR count). The van der Waals surface area contributed by atoms with Crippen LogP contribution in [0.15, 0.2) is 29.1 Å². The van der Waals surface area contributed by atoms with Gasteiger partial charge >= 0.3 is 5.69 Å². The van der Waals surface area contributed by atoms with E-state index in [9.17, 15) is 17.6 Å². The Hall–Kier alpha value is -2.00. The number of piperidine rings is 1. The highest BCUT2D eigenvalue weighted by atomic mass is 32.2. The molecule has 24 heavy (non-hydrogen) atoms. The Bertz CT molecular complexity index is 882. The molecular weight excluding hydrogens is 335 g/mol. The predicted molar refractivity (Wildman–Crippen MR) is 87.0 cm³/mol. The average Bonchev–Trinajstić information content (AvgIpc) is 2.88. The zero-order valence-electron chi connectivity index (χ0n) is 13.3. The SMILES string of the molecule is CS(=O)(=O)N1CCC(Cc2n[nH]c(=O)n2-c2ccccc2F)CC1. The van der Waals surface area contributed by atoms with Gasteiger partial charge in [0.2, 0.25) is 10.0 Å². The van der Waals surface area contributed by atoms with Gasteiger partial charge in [-0.05, 0) is 30.9 Å². The third kappa shape index (κ3) is 3.41. The molecule has 0 saturated carbocycles. The maximum Gasteiger partial charge on any atom is 0.348 e. The lowest BCUT2D eigenvalue weighted by Crippen LogP contribution is -2.38. The molecule has 9 heteroatoms. The molecule has 2 aromatic rings. The summed E-state index contributed by atoms with van der Waals surface area (Å²) >= 11 is 0. The molecule has 2 heterocycles. The lowest BCUT2D eigenvalue weighted by molar-refractivity contribution is 0.271. The summed E-state index contributed by atoms with van der Waals surface area (Å²) < 4.78 is 39.8. The summed E-state index contributed by atoms with van der Waals surface area (Å²) in [5, 5.41) is 6.39. The summed E-state index contributed by atoms with van der Waals surface area (Å²) in [6, 6.07) is 6.04. The van der Waals surface area contributed by atoms with Crippen molar-refractivity contribution in [2.75, 3.05) is 19.3 Å². The number of aromatic amines is 1. The van der Waals surface area contributed by atoms with E-state index in [2.05, 4.69) is 10.2 Å². The van der Waals surface area contributed by atoms with E-state index in [0.717, 1.165) is 0 Å². The maximum absolute atomic E-state index is 14.0. The third-order valence-corrected chi connectivity index (χ3v) is 5.65. The molecule has 1 aliphatic rings. The number of hydrogen-bond donors (Lipinski definition) is 1. The van der Waals surface area contributed by atoms with Crippen LogP contribution in [0.3, 0.4) is 0 Å². The molecule has 130 valence electrons. The van der Waals surface area contributed by atoms with Crippen LogP contribution in [0.25, 0.3) is 5.69 Å². The van der Waals surface area contributed by atoms with Crippen LogP contribution in [0.5, 0.6) is 0 Å². The first-order valence-electron chi connectivity index (χ1n) is 7.72. The standard InChI is InChI=1S/C15H19FN4O3S/c1-24(22,23)19-8-6-11(7-9-19)10-14-17-18-15(21)20(14)13-5-3-2-4-12(13)16/h2-5,11H,6-10H2,1H3,(H,18,21).